The highest BCUT2D eigenvalue weighted by atomic mass is 16.7. The SMILES string of the molecule is C=CC[C@H](/C=C(\C)C[C@H](C)CC[C@H]1O[C@@](O)(C(=O)C(N)=O)[C@H](C)C[C@@H]1OC)C(=O)C[C@H](O)[C@@H](C)[C@H](C)/C=C/[C@@H]1CC[C@@H](O)[C@H](OC)C1. The van der Waals surface area contributed by atoms with E-state index in [0.29, 0.717) is 38.0 Å². The molecule has 1 amide bonds. The van der Waals surface area contributed by atoms with E-state index in [1.165, 1.54) is 0 Å². The number of methoxy groups -OCH3 is 2. The lowest BCUT2D eigenvalue weighted by molar-refractivity contribution is -0.286. The maximum Gasteiger partial charge on any atom is 0.290 e. The minimum absolute atomic E-state index is 0.0253. The van der Waals surface area contributed by atoms with Crippen molar-refractivity contribution in [2.75, 3.05) is 14.2 Å². The molecule has 0 aromatic carbocycles. The van der Waals surface area contributed by atoms with Crippen molar-refractivity contribution in [3.05, 3.63) is 36.5 Å². The molecule has 1 saturated heterocycles. The summed E-state index contributed by atoms with van der Waals surface area (Å²) in [6.45, 7) is 13.6. The van der Waals surface area contributed by atoms with Crippen LogP contribution in [0, 0.1) is 35.5 Å². The molecule has 1 aliphatic heterocycles. The Morgan fingerprint density at radius 2 is 1.74 bits per heavy atom. The van der Waals surface area contributed by atoms with Crippen LogP contribution in [0.2, 0.25) is 0 Å². The number of primary amides is 1. The van der Waals surface area contributed by atoms with Crippen molar-refractivity contribution in [1.29, 1.82) is 0 Å². The largest absolute Gasteiger partial charge is 0.392 e. The Labute approximate surface area is 281 Å². The molecule has 1 aliphatic carbocycles. The lowest BCUT2D eigenvalue weighted by Crippen LogP contribution is -2.60. The van der Waals surface area contributed by atoms with Crippen molar-refractivity contribution in [3.63, 3.8) is 0 Å². The molecule has 2 rings (SSSR count). The van der Waals surface area contributed by atoms with Crippen molar-refractivity contribution < 1.29 is 43.9 Å². The number of rotatable bonds is 19. The number of Topliss-reactive ketones (excluding diaryl/α,β-unsaturated/α-hetero) is 2. The third-order valence-corrected chi connectivity index (χ3v) is 10.4. The van der Waals surface area contributed by atoms with Gasteiger partial charge in [0.2, 0.25) is 5.79 Å². The predicted octanol–water partition coefficient (Wildman–Crippen LogP) is 4.44. The fourth-order valence-electron chi connectivity index (χ4n) is 6.99. The van der Waals surface area contributed by atoms with Gasteiger partial charge in [-0.2, -0.15) is 0 Å². The average molecular weight is 664 g/mol. The summed E-state index contributed by atoms with van der Waals surface area (Å²) in [5.74, 6) is -5.27. The first-order valence-corrected chi connectivity index (χ1v) is 17.2. The number of aliphatic hydroxyl groups is 3. The van der Waals surface area contributed by atoms with Crippen LogP contribution in [0.25, 0.3) is 0 Å². The lowest BCUT2D eigenvalue weighted by Gasteiger charge is -2.44. The maximum absolute atomic E-state index is 13.4. The smallest absolute Gasteiger partial charge is 0.290 e. The summed E-state index contributed by atoms with van der Waals surface area (Å²) in [5.41, 5.74) is 6.21. The summed E-state index contributed by atoms with van der Waals surface area (Å²) in [5, 5.41) is 32.0. The first kappa shape index (κ1) is 41.0. The van der Waals surface area contributed by atoms with Gasteiger partial charge in [-0.25, -0.2) is 0 Å². The molecule has 0 unspecified atom stereocenters. The van der Waals surface area contributed by atoms with E-state index in [9.17, 15) is 29.7 Å². The van der Waals surface area contributed by atoms with E-state index in [0.717, 1.165) is 24.8 Å². The molecular weight excluding hydrogens is 602 g/mol. The van der Waals surface area contributed by atoms with Crippen LogP contribution in [-0.2, 0) is 28.6 Å². The Bertz CT molecular complexity index is 1110. The average Bonchev–Trinajstić information content (AvgIpc) is 3.03. The van der Waals surface area contributed by atoms with E-state index in [2.05, 4.69) is 32.6 Å². The van der Waals surface area contributed by atoms with Crippen molar-refractivity contribution in [2.45, 2.75) is 129 Å². The molecule has 268 valence electrons. The molecule has 12 atom stereocenters. The number of carbonyl (C=O) groups excluding carboxylic acids is 3. The fourth-order valence-corrected chi connectivity index (χ4v) is 6.99. The Morgan fingerprint density at radius 1 is 1.09 bits per heavy atom. The molecule has 0 radical (unpaired) electrons. The number of nitrogens with two attached hydrogens (primary N) is 1. The number of carbonyl (C=O) groups is 3. The molecule has 10 heteroatoms. The Kier molecular flexibility index (Phi) is 16.6. The number of ketones is 2. The van der Waals surface area contributed by atoms with E-state index < -0.39 is 41.7 Å². The molecule has 0 spiro atoms. The van der Waals surface area contributed by atoms with Gasteiger partial charge >= 0.3 is 0 Å². The summed E-state index contributed by atoms with van der Waals surface area (Å²) in [7, 11) is 3.18. The van der Waals surface area contributed by atoms with Gasteiger partial charge in [-0.3, -0.25) is 14.4 Å². The fraction of sp³-hybridized carbons (Fsp3) is 0.757. The van der Waals surface area contributed by atoms with Crippen molar-refractivity contribution in [1.82, 2.24) is 0 Å². The van der Waals surface area contributed by atoms with Crippen LogP contribution in [0.15, 0.2) is 36.5 Å². The van der Waals surface area contributed by atoms with Crippen LogP contribution in [0.3, 0.4) is 0 Å². The molecule has 47 heavy (non-hydrogen) atoms. The Hall–Kier alpha value is -2.21. The molecule has 0 aromatic heterocycles. The highest BCUT2D eigenvalue weighted by Gasteiger charge is 2.52. The minimum Gasteiger partial charge on any atom is -0.392 e. The zero-order valence-electron chi connectivity index (χ0n) is 29.6. The normalized spacial score (nSPS) is 31.9. The van der Waals surface area contributed by atoms with Crippen LogP contribution < -0.4 is 5.73 Å². The number of aliphatic hydroxyl groups excluding tert-OH is 2. The molecule has 5 N–H and O–H groups in total. The maximum atomic E-state index is 13.4. The summed E-state index contributed by atoms with van der Waals surface area (Å²) in [6.07, 6.45) is 10.8. The molecule has 10 nitrogen and oxygen atoms in total. The zero-order chi connectivity index (χ0) is 35.5. The van der Waals surface area contributed by atoms with Crippen LogP contribution in [0.4, 0.5) is 0 Å². The minimum atomic E-state index is -2.27. The zero-order valence-corrected chi connectivity index (χ0v) is 29.6. The first-order chi connectivity index (χ1) is 22.1. The van der Waals surface area contributed by atoms with E-state index >= 15 is 0 Å². The quantitative estimate of drug-likeness (QED) is 0.115. The highest BCUT2D eigenvalue weighted by Crippen LogP contribution is 2.37. The summed E-state index contributed by atoms with van der Waals surface area (Å²) < 4.78 is 16.8. The third kappa shape index (κ3) is 11.7. The van der Waals surface area contributed by atoms with Crippen LogP contribution >= 0.6 is 0 Å². The van der Waals surface area contributed by atoms with Crippen molar-refractivity contribution in [2.24, 2.45) is 41.2 Å². The van der Waals surface area contributed by atoms with Gasteiger partial charge in [0.05, 0.1) is 30.5 Å². The number of hydrogen-bond acceptors (Lipinski definition) is 9. The van der Waals surface area contributed by atoms with Gasteiger partial charge in [0.25, 0.3) is 11.7 Å². The Morgan fingerprint density at radius 3 is 2.34 bits per heavy atom. The predicted molar refractivity (Wildman–Crippen MR) is 181 cm³/mol. The second-order valence-corrected chi connectivity index (χ2v) is 14.2. The van der Waals surface area contributed by atoms with Gasteiger partial charge in [0, 0.05) is 32.5 Å². The van der Waals surface area contributed by atoms with Gasteiger partial charge in [0.1, 0.15) is 5.78 Å². The summed E-state index contributed by atoms with van der Waals surface area (Å²) in [6, 6.07) is 0. The first-order valence-electron chi connectivity index (χ1n) is 17.2. The number of ether oxygens (including phenoxy) is 3. The van der Waals surface area contributed by atoms with E-state index in [-0.39, 0.29) is 48.1 Å². The summed E-state index contributed by atoms with van der Waals surface area (Å²) in [4.78, 5) is 37.3. The molecular formula is C37H61NO9. The van der Waals surface area contributed by atoms with Crippen molar-refractivity contribution in [3.8, 4) is 0 Å². The lowest BCUT2D eigenvalue weighted by atomic mass is 9.82. The topological polar surface area (TPSA) is 166 Å². The second kappa shape index (κ2) is 19.1. The second-order valence-electron chi connectivity index (χ2n) is 14.2. The van der Waals surface area contributed by atoms with E-state index in [4.69, 9.17) is 19.9 Å². The van der Waals surface area contributed by atoms with Gasteiger partial charge in [-0.15, -0.1) is 6.58 Å². The van der Waals surface area contributed by atoms with Gasteiger partial charge in [-0.05, 0) is 82.0 Å². The van der Waals surface area contributed by atoms with Gasteiger partial charge in [0.15, 0.2) is 0 Å². The van der Waals surface area contributed by atoms with Gasteiger partial charge < -0.3 is 35.3 Å². The summed E-state index contributed by atoms with van der Waals surface area (Å²) >= 11 is 0. The Balaban J connectivity index is 1.95. The third-order valence-electron chi connectivity index (χ3n) is 10.4. The number of allylic oxidation sites excluding steroid dienone is 5. The monoisotopic (exact) mass is 663 g/mol. The molecule has 2 aliphatic rings. The highest BCUT2D eigenvalue weighted by molar-refractivity contribution is 6.38. The molecule has 0 aromatic rings. The molecule has 0 bridgehead atoms. The van der Waals surface area contributed by atoms with E-state index in [1.54, 1.807) is 27.2 Å². The van der Waals surface area contributed by atoms with Gasteiger partial charge in [-0.1, -0.05) is 57.6 Å². The van der Waals surface area contributed by atoms with Crippen LogP contribution in [0.5, 0.6) is 0 Å². The van der Waals surface area contributed by atoms with Crippen LogP contribution in [-0.4, -0.2) is 83.3 Å². The van der Waals surface area contributed by atoms with E-state index in [1.807, 2.05) is 19.9 Å². The van der Waals surface area contributed by atoms with Crippen molar-refractivity contribution >= 4 is 17.5 Å². The molecule has 1 heterocycles. The number of amides is 1. The molecule has 1 saturated carbocycles. The number of hydrogen-bond donors (Lipinski definition) is 4. The standard InChI is InChI=1S/C37H61NO9/c1-9-10-28(31(41)21-30(40)26(6)24(4)12-13-27-14-15-29(39)33(20-27)45-7)18-23(3)17-22(2)11-16-32-34(46-8)19-25(5)37(44,47-32)35(42)36(38)43/h9,12-13,18,22,24-30,32-34,39-40,44H,1,10-11,14-17,19-21H2,2-8H3,(H2,38,43)/b13-12+,23-18+/t22-,24-,25-,26+,27-,28-,29-,30+,32-,33-,34+,37-/m1/s1. The van der Waals surface area contributed by atoms with Crippen LogP contribution in [0.1, 0.15) is 92.4 Å². The molecule has 2 fully saturated rings.